The minimum Gasteiger partial charge on any atom is -0.494 e. The van der Waals surface area contributed by atoms with Gasteiger partial charge in [-0.3, -0.25) is 4.79 Å². The Morgan fingerprint density at radius 2 is 2.05 bits per heavy atom. The Balaban J connectivity index is 2.57. The molecule has 2 aromatic rings. The largest absolute Gasteiger partial charge is 0.494 e. The van der Waals surface area contributed by atoms with Gasteiger partial charge >= 0.3 is 0 Å². The number of hydrogen-bond acceptors (Lipinski definition) is 3. The minimum absolute atomic E-state index is 0.174. The highest BCUT2D eigenvalue weighted by Gasteiger charge is 2.22. The average Bonchev–Trinajstić information content (AvgIpc) is 2.41. The molecule has 0 radical (unpaired) electrons. The van der Waals surface area contributed by atoms with E-state index in [1.54, 1.807) is 0 Å². The average molecular weight is 351 g/mol. The number of H-pyrrole nitrogens is 1. The summed E-state index contributed by atoms with van der Waals surface area (Å²) in [5.74, 6) is 1.31. The predicted octanol–water partition coefficient (Wildman–Crippen LogP) is 3.90. The zero-order valence-electron chi connectivity index (χ0n) is 12.7. The molecule has 0 fully saturated rings. The summed E-state index contributed by atoms with van der Waals surface area (Å²) >= 11 is 3.33. The molecule has 0 bridgehead atoms. The molecule has 1 aromatic carbocycles. The van der Waals surface area contributed by atoms with Crippen molar-refractivity contribution in [2.45, 2.75) is 33.1 Å². The molecule has 0 aliphatic rings. The van der Waals surface area contributed by atoms with Crippen LogP contribution in [-0.2, 0) is 5.41 Å². The van der Waals surface area contributed by atoms with Gasteiger partial charge in [0.05, 0.1) is 12.3 Å². The molecule has 0 unspecified atom stereocenters. The normalized spacial score (nSPS) is 11.5. The summed E-state index contributed by atoms with van der Waals surface area (Å²) in [5.41, 5.74) is 1.17. The van der Waals surface area contributed by atoms with Gasteiger partial charge in [0.15, 0.2) is 0 Å². The molecular formula is C16H19BrN2O2. The molecule has 1 aromatic heterocycles. The first kappa shape index (κ1) is 15.8. The second kappa shape index (κ2) is 6.02. The first-order valence-corrected chi connectivity index (χ1v) is 7.65. The summed E-state index contributed by atoms with van der Waals surface area (Å²) in [6.45, 7) is 8.62. The highest BCUT2D eigenvalue weighted by Crippen LogP contribution is 2.28. The highest BCUT2D eigenvalue weighted by atomic mass is 79.9. The standard InChI is InChI=1S/C16H19BrN2O2/c1-5-21-11-8-6-7-10(9-11)14-18-13(16(2,3)4)12(17)15(20)19-14/h6-9H,5H2,1-4H3,(H,18,19,20). The van der Waals surface area contributed by atoms with Gasteiger partial charge < -0.3 is 9.72 Å². The number of nitrogens with one attached hydrogen (secondary N) is 1. The van der Waals surface area contributed by atoms with Gasteiger partial charge in [0.25, 0.3) is 5.56 Å². The van der Waals surface area contributed by atoms with E-state index in [1.165, 1.54) is 0 Å². The smallest absolute Gasteiger partial charge is 0.265 e. The van der Waals surface area contributed by atoms with Crippen molar-refractivity contribution >= 4 is 15.9 Å². The molecule has 5 heteroatoms. The lowest BCUT2D eigenvalue weighted by molar-refractivity contribution is 0.340. The molecule has 4 nitrogen and oxygen atoms in total. The zero-order valence-corrected chi connectivity index (χ0v) is 14.2. The Morgan fingerprint density at radius 3 is 2.67 bits per heavy atom. The van der Waals surface area contributed by atoms with Crippen LogP contribution >= 0.6 is 15.9 Å². The zero-order chi connectivity index (χ0) is 15.6. The van der Waals surface area contributed by atoms with E-state index in [9.17, 15) is 4.79 Å². The lowest BCUT2D eigenvalue weighted by Crippen LogP contribution is -2.22. The third kappa shape index (κ3) is 3.53. The Hall–Kier alpha value is -1.62. The lowest BCUT2D eigenvalue weighted by atomic mass is 9.92. The molecule has 0 saturated heterocycles. The fourth-order valence-electron chi connectivity index (χ4n) is 1.99. The van der Waals surface area contributed by atoms with Crippen molar-refractivity contribution in [3.63, 3.8) is 0 Å². The van der Waals surface area contributed by atoms with E-state index in [0.29, 0.717) is 16.9 Å². The van der Waals surface area contributed by atoms with Gasteiger partial charge in [-0.15, -0.1) is 0 Å². The maximum atomic E-state index is 12.1. The third-order valence-electron chi connectivity index (χ3n) is 2.99. The number of nitrogens with zero attached hydrogens (tertiary/aromatic N) is 1. The van der Waals surface area contributed by atoms with E-state index in [1.807, 2.05) is 52.0 Å². The first-order chi connectivity index (χ1) is 9.82. The maximum absolute atomic E-state index is 12.1. The van der Waals surface area contributed by atoms with Crippen LogP contribution in [-0.4, -0.2) is 16.6 Å². The molecule has 1 N–H and O–H groups in total. The molecule has 112 valence electrons. The molecule has 2 rings (SSSR count). The number of halogens is 1. The van der Waals surface area contributed by atoms with Crippen LogP contribution in [0.25, 0.3) is 11.4 Å². The maximum Gasteiger partial charge on any atom is 0.265 e. The number of benzene rings is 1. The van der Waals surface area contributed by atoms with Gasteiger partial charge in [-0.2, -0.15) is 0 Å². The lowest BCUT2D eigenvalue weighted by Gasteiger charge is -2.19. The van der Waals surface area contributed by atoms with Gasteiger partial charge in [-0.1, -0.05) is 32.9 Å². The molecule has 0 aliphatic carbocycles. The van der Waals surface area contributed by atoms with Crippen molar-refractivity contribution in [3.05, 3.63) is 44.8 Å². The van der Waals surface area contributed by atoms with Crippen LogP contribution in [0.1, 0.15) is 33.4 Å². The number of hydrogen-bond donors (Lipinski definition) is 1. The fourth-order valence-corrected chi connectivity index (χ4v) is 2.77. The summed E-state index contributed by atoms with van der Waals surface area (Å²) in [6, 6.07) is 7.55. The number of rotatable bonds is 3. The quantitative estimate of drug-likeness (QED) is 0.913. The van der Waals surface area contributed by atoms with E-state index >= 15 is 0 Å². The van der Waals surface area contributed by atoms with Crippen LogP contribution in [0.15, 0.2) is 33.5 Å². The van der Waals surface area contributed by atoms with Crippen molar-refractivity contribution in [2.75, 3.05) is 6.61 Å². The predicted molar refractivity (Wildman–Crippen MR) is 87.9 cm³/mol. The van der Waals surface area contributed by atoms with E-state index < -0.39 is 0 Å². The Bertz CT molecular complexity index is 702. The van der Waals surface area contributed by atoms with Gasteiger partial charge in [0, 0.05) is 11.0 Å². The highest BCUT2D eigenvalue weighted by molar-refractivity contribution is 9.10. The van der Waals surface area contributed by atoms with Crippen LogP contribution in [0.5, 0.6) is 5.75 Å². The monoisotopic (exact) mass is 350 g/mol. The van der Waals surface area contributed by atoms with E-state index in [-0.39, 0.29) is 11.0 Å². The Labute approximate surface area is 132 Å². The summed E-state index contributed by atoms with van der Waals surface area (Å²) in [4.78, 5) is 19.5. The van der Waals surface area contributed by atoms with Gasteiger partial charge in [-0.25, -0.2) is 4.98 Å². The van der Waals surface area contributed by atoms with Gasteiger partial charge in [-0.05, 0) is 35.0 Å². The van der Waals surface area contributed by atoms with Gasteiger partial charge in [0.1, 0.15) is 16.0 Å². The molecule has 0 spiro atoms. The van der Waals surface area contributed by atoms with Crippen LogP contribution in [0, 0.1) is 0 Å². The van der Waals surface area contributed by atoms with E-state index in [2.05, 4.69) is 25.9 Å². The van der Waals surface area contributed by atoms with Gasteiger partial charge in [0.2, 0.25) is 0 Å². The molecule has 0 amide bonds. The van der Waals surface area contributed by atoms with Crippen LogP contribution in [0.4, 0.5) is 0 Å². The second-order valence-electron chi connectivity index (χ2n) is 5.79. The molecule has 0 aliphatic heterocycles. The van der Waals surface area contributed by atoms with Crippen molar-refractivity contribution < 1.29 is 4.74 Å². The van der Waals surface area contributed by atoms with Crippen LogP contribution < -0.4 is 10.3 Å². The Morgan fingerprint density at radius 1 is 1.33 bits per heavy atom. The fraction of sp³-hybridized carbons (Fsp3) is 0.375. The Kier molecular flexibility index (Phi) is 4.52. The summed E-state index contributed by atoms with van der Waals surface area (Å²) < 4.78 is 5.98. The third-order valence-corrected chi connectivity index (χ3v) is 3.73. The molecule has 0 atom stereocenters. The molecule has 0 saturated carbocycles. The second-order valence-corrected chi connectivity index (χ2v) is 6.58. The number of aromatic amines is 1. The van der Waals surface area contributed by atoms with Crippen LogP contribution in [0.3, 0.4) is 0 Å². The number of aromatic nitrogens is 2. The molecular weight excluding hydrogens is 332 g/mol. The van der Waals surface area contributed by atoms with Crippen molar-refractivity contribution in [1.82, 2.24) is 9.97 Å². The summed E-state index contributed by atoms with van der Waals surface area (Å²) in [5, 5.41) is 0. The first-order valence-electron chi connectivity index (χ1n) is 6.86. The molecule has 21 heavy (non-hydrogen) atoms. The van der Waals surface area contributed by atoms with Crippen molar-refractivity contribution in [2.24, 2.45) is 0 Å². The summed E-state index contributed by atoms with van der Waals surface area (Å²) in [6.07, 6.45) is 0. The summed E-state index contributed by atoms with van der Waals surface area (Å²) in [7, 11) is 0. The van der Waals surface area contributed by atoms with Crippen molar-refractivity contribution in [1.29, 1.82) is 0 Å². The minimum atomic E-state index is -0.223. The van der Waals surface area contributed by atoms with Crippen molar-refractivity contribution in [3.8, 4) is 17.1 Å². The molecule has 1 heterocycles. The van der Waals surface area contributed by atoms with E-state index in [0.717, 1.165) is 17.0 Å². The number of ether oxygens (including phenoxy) is 1. The SMILES string of the molecule is CCOc1cccc(-c2nc(C(C)(C)C)c(Br)c(=O)[nH]2)c1. The van der Waals surface area contributed by atoms with E-state index in [4.69, 9.17) is 4.74 Å². The topological polar surface area (TPSA) is 55.0 Å². The van der Waals surface area contributed by atoms with Crippen LogP contribution in [0.2, 0.25) is 0 Å².